The van der Waals surface area contributed by atoms with Gasteiger partial charge in [-0.05, 0) is 31.4 Å². The molecule has 1 aliphatic heterocycles. The summed E-state index contributed by atoms with van der Waals surface area (Å²) < 4.78 is 26.8. The fraction of sp³-hybridized carbons (Fsp3) is 0.500. The minimum Gasteiger partial charge on any atom is -0.399 e. The van der Waals surface area contributed by atoms with Gasteiger partial charge in [0.25, 0.3) is 0 Å². The highest BCUT2D eigenvalue weighted by atomic mass is 35.5. The van der Waals surface area contributed by atoms with Gasteiger partial charge in [-0.2, -0.15) is 4.31 Å². The van der Waals surface area contributed by atoms with Gasteiger partial charge in [0.2, 0.25) is 10.0 Å². The fourth-order valence-corrected chi connectivity index (χ4v) is 5.43. The number of sulfonamides is 1. The molecule has 0 aromatic heterocycles. The Hall–Kier alpha value is -0.490. The molecular formula is C12H16Cl2N2O2S. The van der Waals surface area contributed by atoms with Gasteiger partial charge in [0.05, 0.1) is 10.0 Å². The maximum Gasteiger partial charge on any atom is 0.246 e. The van der Waals surface area contributed by atoms with Crippen LogP contribution in [0.25, 0.3) is 0 Å². The molecule has 1 heterocycles. The zero-order chi connectivity index (χ0) is 14.2. The van der Waals surface area contributed by atoms with Gasteiger partial charge in [-0.1, -0.05) is 30.1 Å². The van der Waals surface area contributed by atoms with E-state index in [2.05, 4.69) is 0 Å². The molecule has 106 valence electrons. The van der Waals surface area contributed by atoms with Crippen molar-refractivity contribution in [1.82, 2.24) is 4.31 Å². The Balaban J connectivity index is 2.51. The molecule has 1 fully saturated rings. The molecule has 1 saturated heterocycles. The number of nitrogens with zero attached hydrogens (tertiary/aromatic N) is 1. The van der Waals surface area contributed by atoms with Crippen molar-refractivity contribution in [2.24, 2.45) is 0 Å². The van der Waals surface area contributed by atoms with Gasteiger partial charge >= 0.3 is 0 Å². The molecule has 0 aliphatic carbocycles. The van der Waals surface area contributed by atoms with Gasteiger partial charge in [0, 0.05) is 18.3 Å². The van der Waals surface area contributed by atoms with Crippen LogP contribution in [-0.4, -0.2) is 25.3 Å². The summed E-state index contributed by atoms with van der Waals surface area (Å²) in [6, 6.07) is 2.85. The summed E-state index contributed by atoms with van der Waals surface area (Å²) in [6.45, 7) is 2.49. The van der Waals surface area contributed by atoms with E-state index in [4.69, 9.17) is 28.9 Å². The number of hydrogen-bond donors (Lipinski definition) is 1. The van der Waals surface area contributed by atoms with Crippen molar-refractivity contribution in [1.29, 1.82) is 0 Å². The minimum absolute atomic E-state index is 0.0229. The molecule has 2 N–H and O–H groups in total. The Kier molecular flexibility index (Phi) is 4.30. The first-order valence-electron chi connectivity index (χ1n) is 6.14. The number of nitrogens with two attached hydrogens (primary N) is 1. The lowest BCUT2D eigenvalue weighted by Gasteiger charge is -2.24. The normalized spacial score (nSPS) is 20.9. The summed E-state index contributed by atoms with van der Waals surface area (Å²) in [5.41, 5.74) is 5.95. The molecule has 1 aromatic rings. The molecule has 19 heavy (non-hydrogen) atoms. The third kappa shape index (κ3) is 2.70. The molecule has 0 saturated carbocycles. The highest BCUT2D eigenvalue weighted by Crippen LogP contribution is 2.36. The van der Waals surface area contributed by atoms with Gasteiger partial charge in [-0.3, -0.25) is 0 Å². The third-order valence-electron chi connectivity index (χ3n) is 3.38. The van der Waals surface area contributed by atoms with Crippen molar-refractivity contribution in [3.8, 4) is 0 Å². The summed E-state index contributed by atoms with van der Waals surface area (Å²) in [7, 11) is -3.66. The van der Waals surface area contributed by atoms with Crippen LogP contribution in [-0.2, 0) is 10.0 Å². The van der Waals surface area contributed by atoms with Crippen LogP contribution in [0, 0.1) is 0 Å². The molecule has 0 bridgehead atoms. The quantitative estimate of drug-likeness (QED) is 0.869. The Morgan fingerprint density at radius 3 is 2.47 bits per heavy atom. The smallest absolute Gasteiger partial charge is 0.246 e. The van der Waals surface area contributed by atoms with Gasteiger partial charge < -0.3 is 5.73 Å². The average Bonchev–Trinajstić information content (AvgIpc) is 2.75. The highest BCUT2D eigenvalue weighted by Gasteiger charge is 2.36. The van der Waals surface area contributed by atoms with Crippen molar-refractivity contribution < 1.29 is 8.42 Å². The highest BCUT2D eigenvalue weighted by molar-refractivity contribution is 7.89. The second-order valence-electron chi connectivity index (χ2n) is 4.63. The Bertz CT molecular complexity index is 566. The SMILES string of the molecule is CCC1CCCN1S(=O)(=O)c1c(Cl)cc(N)cc1Cl. The number of benzene rings is 1. The topological polar surface area (TPSA) is 63.4 Å². The molecule has 0 radical (unpaired) electrons. The van der Waals surface area contributed by atoms with Gasteiger partial charge in [0.1, 0.15) is 4.90 Å². The van der Waals surface area contributed by atoms with Crippen LogP contribution < -0.4 is 5.73 Å². The molecule has 0 spiro atoms. The van der Waals surface area contributed by atoms with Crippen molar-refractivity contribution in [3.05, 3.63) is 22.2 Å². The molecule has 4 nitrogen and oxygen atoms in total. The van der Waals surface area contributed by atoms with Crippen LogP contribution >= 0.6 is 23.2 Å². The summed E-state index contributed by atoms with van der Waals surface area (Å²) in [5.74, 6) is 0. The third-order valence-corrected chi connectivity index (χ3v) is 6.26. The van der Waals surface area contributed by atoms with Gasteiger partial charge in [-0.25, -0.2) is 8.42 Å². The lowest BCUT2D eigenvalue weighted by molar-refractivity contribution is 0.380. The van der Waals surface area contributed by atoms with E-state index in [-0.39, 0.29) is 21.0 Å². The van der Waals surface area contributed by atoms with E-state index in [0.717, 1.165) is 19.3 Å². The maximum absolute atomic E-state index is 12.7. The molecule has 1 aliphatic rings. The van der Waals surface area contributed by atoms with Gasteiger partial charge in [0.15, 0.2) is 0 Å². The van der Waals surface area contributed by atoms with E-state index in [1.165, 1.54) is 16.4 Å². The largest absolute Gasteiger partial charge is 0.399 e. The first-order valence-corrected chi connectivity index (χ1v) is 8.34. The second-order valence-corrected chi connectivity index (χ2v) is 7.28. The molecule has 1 unspecified atom stereocenters. The number of hydrogen-bond acceptors (Lipinski definition) is 3. The monoisotopic (exact) mass is 322 g/mol. The first-order chi connectivity index (χ1) is 8.87. The Morgan fingerprint density at radius 2 is 1.95 bits per heavy atom. The number of rotatable bonds is 3. The van der Waals surface area contributed by atoms with E-state index >= 15 is 0 Å². The predicted octanol–water partition coefficient (Wildman–Crippen LogP) is 3.14. The summed E-state index contributed by atoms with van der Waals surface area (Å²) in [4.78, 5) is -0.0367. The van der Waals surface area contributed by atoms with Crippen LogP contribution in [0.15, 0.2) is 17.0 Å². The summed E-state index contributed by atoms with van der Waals surface area (Å²) in [5, 5.41) is 0.151. The van der Waals surface area contributed by atoms with Crippen molar-refractivity contribution in [3.63, 3.8) is 0 Å². The van der Waals surface area contributed by atoms with E-state index < -0.39 is 10.0 Å². The van der Waals surface area contributed by atoms with Crippen molar-refractivity contribution in [2.75, 3.05) is 12.3 Å². The molecule has 2 rings (SSSR count). The fourth-order valence-electron chi connectivity index (χ4n) is 2.48. The Labute approximate surface area is 123 Å². The van der Waals surface area contributed by atoms with Crippen LogP contribution in [0.4, 0.5) is 5.69 Å². The maximum atomic E-state index is 12.7. The van der Waals surface area contributed by atoms with Gasteiger partial charge in [-0.15, -0.1) is 0 Å². The van der Waals surface area contributed by atoms with Crippen molar-refractivity contribution in [2.45, 2.75) is 37.1 Å². The molecule has 7 heteroatoms. The Morgan fingerprint density at radius 1 is 1.37 bits per heavy atom. The van der Waals surface area contributed by atoms with E-state index in [9.17, 15) is 8.42 Å². The molecule has 1 aromatic carbocycles. The summed E-state index contributed by atoms with van der Waals surface area (Å²) in [6.07, 6.45) is 2.52. The predicted molar refractivity (Wildman–Crippen MR) is 78.1 cm³/mol. The zero-order valence-electron chi connectivity index (χ0n) is 10.6. The first kappa shape index (κ1) is 14.9. The average molecular weight is 323 g/mol. The van der Waals surface area contributed by atoms with Crippen LogP contribution in [0.2, 0.25) is 10.0 Å². The van der Waals surface area contributed by atoms with E-state index in [1.54, 1.807) is 0 Å². The standard InChI is InChI=1S/C12H16Cl2N2O2S/c1-2-9-4-3-5-16(9)19(17,18)12-10(13)6-8(15)7-11(12)14/h6-7,9H,2-5,15H2,1H3. The van der Waals surface area contributed by atoms with E-state index in [0.29, 0.717) is 12.2 Å². The van der Waals surface area contributed by atoms with E-state index in [1.807, 2.05) is 6.92 Å². The second kappa shape index (κ2) is 5.48. The lowest BCUT2D eigenvalue weighted by atomic mass is 10.2. The number of anilines is 1. The molecule has 0 amide bonds. The van der Waals surface area contributed by atoms with Crippen molar-refractivity contribution >= 4 is 38.9 Å². The van der Waals surface area contributed by atoms with Crippen LogP contribution in [0.1, 0.15) is 26.2 Å². The van der Waals surface area contributed by atoms with Crippen LogP contribution in [0.3, 0.4) is 0 Å². The lowest BCUT2D eigenvalue weighted by Crippen LogP contribution is -2.35. The minimum atomic E-state index is -3.66. The summed E-state index contributed by atoms with van der Waals surface area (Å²) >= 11 is 12.0. The molecule has 1 atom stereocenters. The number of nitrogen functional groups attached to an aromatic ring is 1. The zero-order valence-corrected chi connectivity index (χ0v) is 12.9. The number of halogens is 2. The van der Waals surface area contributed by atoms with Crippen LogP contribution in [0.5, 0.6) is 0 Å². The molecular weight excluding hydrogens is 307 g/mol.